The summed E-state index contributed by atoms with van der Waals surface area (Å²) < 4.78 is 4.28. The maximum atomic E-state index is 11.9. The van der Waals surface area contributed by atoms with Gasteiger partial charge in [0.15, 0.2) is 5.78 Å². The number of carbonyl (C=O) groups is 2. The van der Waals surface area contributed by atoms with Crippen LogP contribution in [0.4, 0.5) is 0 Å². The zero-order valence-electron chi connectivity index (χ0n) is 10.9. The molecule has 1 aromatic carbocycles. The second-order valence-electron chi connectivity index (χ2n) is 4.31. The Morgan fingerprint density at radius 2 is 1.83 bits per heavy atom. The van der Waals surface area contributed by atoms with E-state index in [9.17, 15) is 9.59 Å². The molecule has 0 atom stereocenters. The van der Waals surface area contributed by atoms with Crippen molar-refractivity contribution in [3.05, 3.63) is 35.9 Å². The second kappa shape index (κ2) is 6.59. The number of carbonyl (C=O) groups excluding carboxylic acids is 2. The van der Waals surface area contributed by atoms with E-state index in [0.29, 0.717) is 12.2 Å². The van der Waals surface area contributed by atoms with Crippen LogP contribution in [0.15, 0.2) is 30.3 Å². The van der Waals surface area contributed by atoms with Crippen molar-refractivity contribution in [1.29, 1.82) is 0 Å². The van der Waals surface area contributed by atoms with Gasteiger partial charge in [-0.15, -0.1) is 11.8 Å². The summed E-state index contributed by atoms with van der Waals surface area (Å²) in [6.45, 7) is 5.67. The van der Waals surface area contributed by atoms with E-state index in [4.69, 9.17) is 4.74 Å². The first-order valence-corrected chi connectivity index (χ1v) is 6.85. The van der Waals surface area contributed by atoms with Crippen molar-refractivity contribution in [2.75, 3.05) is 12.4 Å². The second-order valence-corrected chi connectivity index (χ2v) is 5.91. The number of ether oxygens (including phenoxy) is 1. The van der Waals surface area contributed by atoms with Crippen molar-refractivity contribution >= 4 is 23.5 Å². The van der Waals surface area contributed by atoms with Crippen molar-refractivity contribution in [3.8, 4) is 0 Å². The Morgan fingerprint density at radius 3 is 2.39 bits per heavy atom. The van der Waals surface area contributed by atoms with Crippen molar-refractivity contribution in [2.24, 2.45) is 0 Å². The number of hydrogen-bond acceptors (Lipinski definition) is 4. The molecular weight excluding hydrogens is 248 g/mol. The third kappa shape index (κ3) is 4.18. The molecule has 0 aromatic heterocycles. The quantitative estimate of drug-likeness (QED) is 0.586. The van der Waals surface area contributed by atoms with Gasteiger partial charge >= 0.3 is 5.97 Å². The normalized spacial score (nSPS) is 11.1. The monoisotopic (exact) mass is 266 g/mol. The predicted molar refractivity (Wildman–Crippen MR) is 73.9 cm³/mol. The third-order valence-electron chi connectivity index (χ3n) is 2.43. The molecule has 0 aliphatic heterocycles. The first-order chi connectivity index (χ1) is 8.47. The number of benzene rings is 1. The van der Waals surface area contributed by atoms with E-state index in [1.807, 2.05) is 18.2 Å². The molecule has 0 fully saturated rings. The van der Waals surface area contributed by atoms with E-state index in [2.05, 4.69) is 0 Å². The van der Waals surface area contributed by atoms with Gasteiger partial charge in [0.25, 0.3) is 0 Å². The van der Waals surface area contributed by atoms with Crippen molar-refractivity contribution in [2.45, 2.75) is 25.5 Å². The Morgan fingerprint density at radius 1 is 1.22 bits per heavy atom. The Balaban J connectivity index is 2.55. The summed E-state index contributed by atoms with van der Waals surface area (Å²) in [5.74, 6) is 0.0179. The van der Waals surface area contributed by atoms with Gasteiger partial charge < -0.3 is 4.74 Å². The summed E-state index contributed by atoms with van der Waals surface area (Å²) in [5.41, 5.74) is 0.671. The van der Waals surface area contributed by atoms with Crippen LogP contribution in [-0.2, 0) is 9.53 Å². The number of ketones is 1. The minimum Gasteiger partial charge on any atom is -0.465 e. The van der Waals surface area contributed by atoms with Crippen LogP contribution in [0.2, 0.25) is 0 Å². The van der Waals surface area contributed by atoms with E-state index < -0.39 is 4.75 Å². The minimum atomic E-state index is -0.694. The molecule has 0 aliphatic rings. The van der Waals surface area contributed by atoms with Crippen LogP contribution in [0.5, 0.6) is 0 Å². The molecule has 3 nitrogen and oxygen atoms in total. The number of Topliss-reactive ketones (excluding diaryl/α,β-unsaturated/α-hetero) is 1. The fourth-order valence-corrected chi connectivity index (χ4v) is 2.15. The van der Waals surface area contributed by atoms with Crippen LogP contribution in [0.3, 0.4) is 0 Å². The molecule has 0 saturated heterocycles. The van der Waals surface area contributed by atoms with Gasteiger partial charge in [-0.1, -0.05) is 30.3 Å². The molecule has 98 valence electrons. The summed E-state index contributed by atoms with van der Waals surface area (Å²) in [5, 5.41) is 0. The van der Waals surface area contributed by atoms with Crippen LogP contribution < -0.4 is 0 Å². The molecule has 0 spiro atoms. The van der Waals surface area contributed by atoms with Gasteiger partial charge in [-0.25, -0.2) is 0 Å². The molecule has 0 heterocycles. The number of rotatable bonds is 6. The summed E-state index contributed by atoms with van der Waals surface area (Å²) in [4.78, 5) is 23.6. The Bertz CT molecular complexity index is 412. The fraction of sp³-hybridized carbons (Fsp3) is 0.429. The lowest BCUT2D eigenvalue weighted by atomic mass is 10.2. The summed E-state index contributed by atoms with van der Waals surface area (Å²) in [6, 6.07) is 9.08. The highest BCUT2D eigenvalue weighted by Crippen LogP contribution is 2.26. The van der Waals surface area contributed by atoms with Crippen LogP contribution in [0, 0.1) is 0 Å². The summed E-state index contributed by atoms with van der Waals surface area (Å²) >= 11 is 1.31. The molecule has 0 saturated carbocycles. The lowest BCUT2D eigenvalue weighted by Crippen LogP contribution is -2.31. The maximum absolute atomic E-state index is 11.9. The van der Waals surface area contributed by atoms with Crippen molar-refractivity contribution < 1.29 is 14.3 Å². The highest BCUT2D eigenvalue weighted by Gasteiger charge is 2.30. The average Bonchev–Trinajstić information content (AvgIpc) is 2.37. The standard InChI is InChI=1S/C14H18O3S/c1-4-17-13(16)14(2,3)18-10-12(15)11-8-6-5-7-9-11/h5-9H,4,10H2,1-3H3. The van der Waals surface area contributed by atoms with Gasteiger partial charge in [0.1, 0.15) is 4.75 Å². The zero-order chi connectivity index (χ0) is 13.6. The van der Waals surface area contributed by atoms with Gasteiger partial charge in [-0.3, -0.25) is 9.59 Å². The number of hydrogen-bond donors (Lipinski definition) is 0. The zero-order valence-corrected chi connectivity index (χ0v) is 11.8. The fourth-order valence-electron chi connectivity index (χ4n) is 1.32. The maximum Gasteiger partial charge on any atom is 0.321 e. The molecular formula is C14H18O3S. The molecule has 0 amide bonds. The van der Waals surface area contributed by atoms with Gasteiger partial charge in [0.05, 0.1) is 12.4 Å². The van der Waals surface area contributed by atoms with E-state index in [1.165, 1.54) is 11.8 Å². The molecule has 0 unspecified atom stereocenters. The van der Waals surface area contributed by atoms with E-state index in [0.717, 1.165) is 0 Å². The molecule has 0 N–H and O–H groups in total. The SMILES string of the molecule is CCOC(=O)C(C)(C)SCC(=O)c1ccccc1. The third-order valence-corrected chi connectivity index (χ3v) is 3.72. The van der Waals surface area contributed by atoms with Gasteiger partial charge in [0, 0.05) is 5.56 Å². The van der Waals surface area contributed by atoms with Crippen LogP contribution in [-0.4, -0.2) is 28.9 Å². The van der Waals surface area contributed by atoms with Crippen molar-refractivity contribution in [1.82, 2.24) is 0 Å². The smallest absolute Gasteiger partial charge is 0.321 e. The lowest BCUT2D eigenvalue weighted by Gasteiger charge is -2.21. The largest absolute Gasteiger partial charge is 0.465 e. The molecule has 0 radical (unpaired) electrons. The van der Waals surface area contributed by atoms with E-state index >= 15 is 0 Å². The number of esters is 1. The van der Waals surface area contributed by atoms with Gasteiger partial charge in [-0.2, -0.15) is 0 Å². The predicted octanol–water partition coefficient (Wildman–Crippen LogP) is 2.94. The highest BCUT2D eigenvalue weighted by atomic mass is 32.2. The Labute approximate surface area is 112 Å². The topological polar surface area (TPSA) is 43.4 Å². The average molecular weight is 266 g/mol. The molecule has 0 bridgehead atoms. The van der Waals surface area contributed by atoms with Gasteiger partial charge in [-0.05, 0) is 20.8 Å². The van der Waals surface area contributed by atoms with Crippen LogP contribution in [0.1, 0.15) is 31.1 Å². The Hall–Kier alpha value is -1.29. The van der Waals surface area contributed by atoms with Crippen LogP contribution >= 0.6 is 11.8 Å². The summed E-state index contributed by atoms with van der Waals surface area (Å²) in [7, 11) is 0. The highest BCUT2D eigenvalue weighted by molar-refractivity contribution is 8.02. The lowest BCUT2D eigenvalue weighted by molar-refractivity contribution is -0.145. The minimum absolute atomic E-state index is 0.0259. The first kappa shape index (κ1) is 14.8. The van der Waals surface area contributed by atoms with E-state index in [-0.39, 0.29) is 17.5 Å². The summed E-state index contributed by atoms with van der Waals surface area (Å²) in [6.07, 6.45) is 0. The molecule has 18 heavy (non-hydrogen) atoms. The van der Waals surface area contributed by atoms with Crippen LogP contribution in [0.25, 0.3) is 0 Å². The van der Waals surface area contributed by atoms with Gasteiger partial charge in [0.2, 0.25) is 0 Å². The number of thioether (sulfide) groups is 1. The molecule has 0 aliphatic carbocycles. The Kier molecular flexibility index (Phi) is 5.41. The molecule has 4 heteroatoms. The van der Waals surface area contributed by atoms with E-state index in [1.54, 1.807) is 32.9 Å². The van der Waals surface area contributed by atoms with Crippen molar-refractivity contribution in [3.63, 3.8) is 0 Å². The molecule has 1 aromatic rings. The molecule has 1 rings (SSSR count). The first-order valence-electron chi connectivity index (χ1n) is 5.87.